The van der Waals surface area contributed by atoms with Crippen molar-refractivity contribution in [2.24, 2.45) is 5.92 Å². The van der Waals surface area contributed by atoms with Crippen LogP contribution in [0.2, 0.25) is 0 Å². The number of hydrogen-bond acceptors (Lipinski definition) is 4. The van der Waals surface area contributed by atoms with Crippen LogP contribution in [0.1, 0.15) is 25.3 Å². The van der Waals surface area contributed by atoms with Crippen LogP contribution in [-0.4, -0.2) is 41.5 Å². The molecule has 10 heteroatoms. The molecule has 2 rings (SSSR count). The summed E-state index contributed by atoms with van der Waals surface area (Å²) in [6, 6.07) is 1.02. The monoisotopic (exact) mass is 367 g/mol. The average Bonchev–Trinajstić information content (AvgIpc) is 2.46. The van der Waals surface area contributed by atoms with E-state index in [1.165, 1.54) is 0 Å². The summed E-state index contributed by atoms with van der Waals surface area (Å²) in [5, 5.41) is 18.8. The zero-order valence-electron chi connectivity index (χ0n) is 12.6. The molecule has 6 nitrogen and oxygen atoms in total. The van der Waals surface area contributed by atoms with Crippen LogP contribution in [0.5, 0.6) is 5.75 Å². The van der Waals surface area contributed by atoms with Crippen LogP contribution in [0.4, 0.5) is 13.2 Å². The molecule has 2 atom stereocenters. The Morgan fingerprint density at radius 3 is 2.46 bits per heavy atom. The molecule has 1 aliphatic rings. The molecule has 0 bridgehead atoms. The minimum Gasteiger partial charge on any atom is -0.507 e. The van der Waals surface area contributed by atoms with Crippen molar-refractivity contribution < 1.29 is 36.6 Å². The van der Waals surface area contributed by atoms with E-state index in [2.05, 4.69) is 0 Å². The average molecular weight is 367 g/mol. The second-order valence-electron chi connectivity index (χ2n) is 5.72. The van der Waals surface area contributed by atoms with Crippen molar-refractivity contribution in [3.63, 3.8) is 0 Å². The highest BCUT2D eigenvalue weighted by molar-refractivity contribution is 7.89. The molecule has 0 saturated carbocycles. The maximum Gasteiger partial charge on any atom is 0.416 e. The van der Waals surface area contributed by atoms with E-state index < -0.39 is 50.3 Å². The summed E-state index contributed by atoms with van der Waals surface area (Å²) >= 11 is 0. The largest absolute Gasteiger partial charge is 0.507 e. The molecule has 2 N–H and O–H groups in total. The third-order valence-corrected chi connectivity index (χ3v) is 6.06. The number of rotatable bonds is 3. The molecule has 1 aromatic rings. The van der Waals surface area contributed by atoms with E-state index in [1.807, 2.05) is 0 Å². The Kier molecular flexibility index (Phi) is 4.82. The van der Waals surface area contributed by atoms with Crippen LogP contribution in [0.3, 0.4) is 0 Å². The highest BCUT2D eigenvalue weighted by Crippen LogP contribution is 2.37. The van der Waals surface area contributed by atoms with E-state index in [9.17, 15) is 31.5 Å². The molecule has 1 aromatic carbocycles. The number of carboxylic acids is 1. The van der Waals surface area contributed by atoms with Gasteiger partial charge in [-0.15, -0.1) is 0 Å². The van der Waals surface area contributed by atoms with Crippen LogP contribution in [0.15, 0.2) is 23.1 Å². The topological polar surface area (TPSA) is 94.9 Å². The summed E-state index contributed by atoms with van der Waals surface area (Å²) in [4.78, 5) is 10.2. The van der Waals surface area contributed by atoms with Crippen molar-refractivity contribution in [3.05, 3.63) is 23.8 Å². The van der Waals surface area contributed by atoms with Gasteiger partial charge < -0.3 is 10.2 Å². The predicted octanol–water partition coefficient (Wildman–Crippen LogP) is 2.28. The summed E-state index contributed by atoms with van der Waals surface area (Å²) in [5.41, 5.74) is -1.21. The lowest BCUT2D eigenvalue weighted by Crippen LogP contribution is -2.47. The number of carbonyl (C=O) groups is 1. The summed E-state index contributed by atoms with van der Waals surface area (Å²) in [6.45, 7) is 1.19. The quantitative estimate of drug-likeness (QED) is 0.855. The van der Waals surface area contributed by atoms with E-state index in [0.29, 0.717) is 18.2 Å². The maximum absolute atomic E-state index is 12.8. The van der Waals surface area contributed by atoms with E-state index in [0.717, 1.165) is 4.31 Å². The van der Waals surface area contributed by atoms with Crippen molar-refractivity contribution >= 4 is 16.0 Å². The van der Waals surface area contributed by atoms with Gasteiger partial charge in [-0.05, 0) is 38.0 Å². The minimum atomic E-state index is -4.77. The number of sulfonamides is 1. The van der Waals surface area contributed by atoms with Gasteiger partial charge in [-0.3, -0.25) is 4.79 Å². The molecule has 134 valence electrons. The van der Waals surface area contributed by atoms with Crippen molar-refractivity contribution in [3.8, 4) is 5.75 Å². The molecule has 0 spiro atoms. The smallest absolute Gasteiger partial charge is 0.416 e. The number of aliphatic carboxylic acids is 1. The summed E-state index contributed by atoms with van der Waals surface area (Å²) in [5.74, 6) is -2.92. The maximum atomic E-state index is 12.8. The second kappa shape index (κ2) is 6.25. The van der Waals surface area contributed by atoms with Gasteiger partial charge in [0.1, 0.15) is 10.6 Å². The van der Waals surface area contributed by atoms with E-state index >= 15 is 0 Å². The van der Waals surface area contributed by atoms with Gasteiger partial charge in [0.25, 0.3) is 0 Å². The van der Waals surface area contributed by atoms with Gasteiger partial charge in [-0.25, -0.2) is 8.42 Å². The molecule has 2 unspecified atom stereocenters. The van der Waals surface area contributed by atoms with E-state index in [1.54, 1.807) is 6.92 Å². The molecular weight excluding hydrogens is 351 g/mol. The Morgan fingerprint density at radius 2 is 1.92 bits per heavy atom. The van der Waals surface area contributed by atoms with Gasteiger partial charge in [0, 0.05) is 12.6 Å². The first-order valence-electron chi connectivity index (χ1n) is 7.09. The van der Waals surface area contributed by atoms with Crippen molar-refractivity contribution in [1.29, 1.82) is 0 Å². The van der Waals surface area contributed by atoms with Gasteiger partial charge in [0.05, 0.1) is 11.5 Å². The van der Waals surface area contributed by atoms with E-state index in [-0.39, 0.29) is 19.4 Å². The van der Waals surface area contributed by atoms with Gasteiger partial charge in [-0.1, -0.05) is 0 Å². The Labute approximate surface area is 136 Å². The third-order valence-electron chi connectivity index (χ3n) is 4.05. The number of aromatic hydroxyl groups is 1. The first-order valence-corrected chi connectivity index (χ1v) is 8.53. The minimum absolute atomic E-state index is 0.260. The normalized spacial score (nSPS) is 23.2. The molecule has 1 fully saturated rings. The first kappa shape index (κ1) is 18.5. The SMILES string of the molecule is CC1CCC(C(=O)O)CN1S(=O)(=O)c1cc(C(F)(F)F)ccc1O. The molecule has 1 aliphatic heterocycles. The molecule has 0 aliphatic carbocycles. The standard InChI is InChI=1S/C14H16F3NO5S/c1-8-2-3-9(13(20)21)7-18(8)24(22,23)12-6-10(14(15,16)17)4-5-11(12)19/h4-6,8-9,19H,2-3,7H2,1H3,(H,20,21). The summed E-state index contributed by atoms with van der Waals surface area (Å²) < 4.78 is 64.6. The Bertz CT molecular complexity index is 747. The number of benzene rings is 1. The second-order valence-corrected chi connectivity index (χ2v) is 7.58. The molecule has 1 heterocycles. The van der Waals surface area contributed by atoms with Crippen LogP contribution >= 0.6 is 0 Å². The number of alkyl halides is 3. The van der Waals surface area contributed by atoms with Gasteiger partial charge in [0.2, 0.25) is 10.0 Å². The molecular formula is C14H16F3NO5S. The van der Waals surface area contributed by atoms with Crippen molar-refractivity contribution in [2.75, 3.05) is 6.54 Å². The lowest BCUT2D eigenvalue weighted by molar-refractivity contribution is -0.143. The van der Waals surface area contributed by atoms with Crippen molar-refractivity contribution in [1.82, 2.24) is 4.31 Å². The van der Waals surface area contributed by atoms with Gasteiger partial charge >= 0.3 is 12.1 Å². The lowest BCUT2D eigenvalue weighted by atomic mass is 9.96. The zero-order valence-corrected chi connectivity index (χ0v) is 13.4. The highest BCUT2D eigenvalue weighted by atomic mass is 32.2. The number of piperidine rings is 1. The summed E-state index contributed by atoms with van der Waals surface area (Å²) in [6.07, 6.45) is -4.23. The number of hydrogen-bond donors (Lipinski definition) is 2. The molecule has 1 saturated heterocycles. The highest BCUT2D eigenvalue weighted by Gasteiger charge is 2.40. The fourth-order valence-corrected chi connectivity index (χ4v) is 4.45. The Balaban J connectivity index is 2.48. The van der Waals surface area contributed by atoms with Crippen molar-refractivity contribution in [2.45, 2.75) is 36.9 Å². The fourth-order valence-electron chi connectivity index (χ4n) is 2.63. The fraction of sp³-hybridized carbons (Fsp3) is 0.500. The lowest BCUT2D eigenvalue weighted by Gasteiger charge is -2.35. The van der Waals surface area contributed by atoms with Crippen LogP contribution in [-0.2, 0) is 21.0 Å². The van der Waals surface area contributed by atoms with E-state index in [4.69, 9.17) is 5.11 Å². The number of phenolic OH excluding ortho intramolecular Hbond substituents is 1. The Hall–Kier alpha value is -1.81. The predicted molar refractivity (Wildman–Crippen MR) is 76.8 cm³/mol. The number of nitrogens with zero attached hydrogens (tertiary/aromatic N) is 1. The number of halogens is 3. The molecule has 0 amide bonds. The Morgan fingerprint density at radius 1 is 1.29 bits per heavy atom. The van der Waals surface area contributed by atoms with Crippen LogP contribution in [0, 0.1) is 5.92 Å². The third kappa shape index (κ3) is 3.48. The zero-order chi connectivity index (χ0) is 18.3. The molecule has 0 aromatic heterocycles. The van der Waals surface area contributed by atoms with Gasteiger partial charge in [-0.2, -0.15) is 17.5 Å². The summed E-state index contributed by atoms with van der Waals surface area (Å²) in [7, 11) is -4.47. The molecule has 0 radical (unpaired) electrons. The van der Waals surface area contributed by atoms with Crippen LogP contribution < -0.4 is 0 Å². The number of carboxylic acid groups (broad SMARTS) is 1. The van der Waals surface area contributed by atoms with Crippen LogP contribution in [0.25, 0.3) is 0 Å². The van der Waals surface area contributed by atoms with Gasteiger partial charge in [0.15, 0.2) is 0 Å². The molecule has 24 heavy (non-hydrogen) atoms. The number of phenols is 1. The first-order chi connectivity index (χ1) is 10.9.